The highest BCUT2D eigenvalue weighted by molar-refractivity contribution is 5.92. The van der Waals surface area contributed by atoms with Crippen molar-refractivity contribution in [2.75, 3.05) is 6.54 Å². The molecule has 20 heavy (non-hydrogen) atoms. The van der Waals surface area contributed by atoms with Crippen LogP contribution in [0.2, 0.25) is 0 Å². The van der Waals surface area contributed by atoms with Gasteiger partial charge in [-0.25, -0.2) is 9.37 Å². The van der Waals surface area contributed by atoms with Gasteiger partial charge in [0.1, 0.15) is 11.5 Å². The normalized spacial score (nSPS) is 17.1. The molecule has 1 aromatic heterocycles. The zero-order chi connectivity index (χ0) is 13.7. The molecule has 1 fully saturated rings. The lowest BCUT2D eigenvalue weighted by molar-refractivity contribution is 0.0910. The second-order valence-electron chi connectivity index (χ2n) is 5.08. The maximum absolute atomic E-state index is 12.8. The monoisotopic (exact) mass is 301 g/mol. The fourth-order valence-electron chi connectivity index (χ4n) is 2.66. The Hall–Kier alpha value is -1.20. The Kier molecular flexibility index (Phi) is 6.88. The molecule has 1 amide bonds. The standard InChI is InChI=1S/C14H20FN3O.ClH/c15-11-6-7-12(17-9-11)14(19)18-13(8-16)10-4-2-1-3-5-10;/h6-7,9-10,13H,1-5,8,16H2,(H,18,19);1H. The van der Waals surface area contributed by atoms with E-state index in [0.717, 1.165) is 19.0 Å². The third-order valence-corrected chi connectivity index (χ3v) is 3.75. The van der Waals surface area contributed by atoms with Gasteiger partial charge in [-0.15, -0.1) is 12.4 Å². The van der Waals surface area contributed by atoms with Crippen LogP contribution in [0.5, 0.6) is 0 Å². The van der Waals surface area contributed by atoms with Crippen molar-refractivity contribution in [3.05, 3.63) is 29.8 Å². The Balaban J connectivity index is 0.00000200. The summed E-state index contributed by atoms with van der Waals surface area (Å²) in [5, 5.41) is 2.92. The van der Waals surface area contributed by atoms with E-state index in [0.29, 0.717) is 12.5 Å². The molecule has 1 saturated carbocycles. The van der Waals surface area contributed by atoms with Crippen LogP contribution in [-0.4, -0.2) is 23.5 Å². The minimum atomic E-state index is -0.445. The van der Waals surface area contributed by atoms with Crippen LogP contribution in [0, 0.1) is 11.7 Å². The second-order valence-corrected chi connectivity index (χ2v) is 5.08. The Morgan fingerprint density at radius 2 is 2.10 bits per heavy atom. The molecule has 0 radical (unpaired) electrons. The molecular formula is C14H21ClFN3O. The summed E-state index contributed by atoms with van der Waals surface area (Å²) in [6, 6.07) is 2.61. The first-order chi connectivity index (χ1) is 9.20. The van der Waals surface area contributed by atoms with Crippen molar-refractivity contribution in [3.63, 3.8) is 0 Å². The molecule has 112 valence electrons. The molecule has 0 bridgehead atoms. The maximum atomic E-state index is 12.8. The van der Waals surface area contributed by atoms with E-state index in [-0.39, 0.29) is 30.0 Å². The summed E-state index contributed by atoms with van der Waals surface area (Å²) in [5.41, 5.74) is 5.99. The number of halogens is 2. The van der Waals surface area contributed by atoms with E-state index in [4.69, 9.17) is 5.73 Å². The van der Waals surface area contributed by atoms with Crippen LogP contribution in [0.1, 0.15) is 42.6 Å². The van der Waals surface area contributed by atoms with E-state index in [1.54, 1.807) is 0 Å². The Bertz CT molecular complexity index is 421. The van der Waals surface area contributed by atoms with Gasteiger partial charge in [0.05, 0.1) is 6.20 Å². The molecule has 0 aliphatic heterocycles. The van der Waals surface area contributed by atoms with E-state index >= 15 is 0 Å². The summed E-state index contributed by atoms with van der Waals surface area (Å²) in [4.78, 5) is 15.8. The number of carbonyl (C=O) groups is 1. The fourth-order valence-corrected chi connectivity index (χ4v) is 2.66. The first-order valence-corrected chi connectivity index (χ1v) is 6.83. The van der Waals surface area contributed by atoms with Gasteiger partial charge in [0.25, 0.3) is 5.91 Å². The van der Waals surface area contributed by atoms with E-state index in [1.807, 2.05) is 0 Å². The highest BCUT2D eigenvalue weighted by Crippen LogP contribution is 2.26. The van der Waals surface area contributed by atoms with Gasteiger partial charge in [0.15, 0.2) is 0 Å². The Labute approximate surface area is 124 Å². The number of nitrogens with two attached hydrogens (primary N) is 1. The van der Waals surface area contributed by atoms with Crippen LogP contribution in [0.15, 0.2) is 18.3 Å². The molecule has 1 heterocycles. The van der Waals surface area contributed by atoms with Crippen LogP contribution >= 0.6 is 12.4 Å². The van der Waals surface area contributed by atoms with Gasteiger partial charge in [-0.1, -0.05) is 19.3 Å². The largest absolute Gasteiger partial charge is 0.346 e. The van der Waals surface area contributed by atoms with Crippen molar-refractivity contribution in [1.29, 1.82) is 0 Å². The third kappa shape index (κ3) is 4.42. The molecule has 6 heteroatoms. The van der Waals surface area contributed by atoms with Crippen LogP contribution < -0.4 is 11.1 Å². The van der Waals surface area contributed by atoms with Crippen LogP contribution in [0.3, 0.4) is 0 Å². The Morgan fingerprint density at radius 3 is 2.65 bits per heavy atom. The minimum Gasteiger partial charge on any atom is -0.346 e. The molecule has 1 aromatic rings. The van der Waals surface area contributed by atoms with Gasteiger partial charge >= 0.3 is 0 Å². The third-order valence-electron chi connectivity index (χ3n) is 3.75. The van der Waals surface area contributed by atoms with Gasteiger partial charge in [-0.05, 0) is 30.9 Å². The quantitative estimate of drug-likeness (QED) is 0.896. The fraction of sp³-hybridized carbons (Fsp3) is 0.571. The number of nitrogens with zero attached hydrogens (tertiary/aromatic N) is 1. The minimum absolute atomic E-state index is 0. The summed E-state index contributed by atoms with van der Waals surface area (Å²) < 4.78 is 12.8. The molecule has 1 unspecified atom stereocenters. The molecule has 4 nitrogen and oxygen atoms in total. The van der Waals surface area contributed by atoms with Crippen LogP contribution in [-0.2, 0) is 0 Å². The molecule has 1 aliphatic carbocycles. The zero-order valence-electron chi connectivity index (χ0n) is 11.3. The SMILES string of the molecule is Cl.NCC(NC(=O)c1ccc(F)cn1)C1CCCCC1. The summed E-state index contributed by atoms with van der Waals surface area (Å²) in [7, 11) is 0. The van der Waals surface area contributed by atoms with Gasteiger partial charge in [0, 0.05) is 12.6 Å². The van der Waals surface area contributed by atoms with Crippen molar-refractivity contribution in [2.24, 2.45) is 11.7 Å². The second kappa shape index (κ2) is 8.17. The molecule has 0 aromatic carbocycles. The number of pyridine rings is 1. The van der Waals surface area contributed by atoms with Crippen molar-refractivity contribution >= 4 is 18.3 Å². The van der Waals surface area contributed by atoms with Gasteiger partial charge in [-0.2, -0.15) is 0 Å². The first kappa shape index (κ1) is 16.9. The van der Waals surface area contributed by atoms with Gasteiger partial charge < -0.3 is 11.1 Å². The van der Waals surface area contributed by atoms with Crippen LogP contribution in [0.25, 0.3) is 0 Å². The van der Waals surface area contributed by atoms with Gasteiger partial charge in [-0.3, -0.25) is 4.79 Å². The highest BCUT2D eigenvalue weighted by atomic mass is 35.5. The number of nitrogens with one attached hydrogen (secondary N) is 1. The molecule has 1 aliphatic rings. The van der Waals surface area contributed by atoms with Crippen molar-refractivity contribution in [3.8, 4) is 0 Å². The van der Waals surface area contributed by atoms with Gasteiger partial charge in [0.2, 0.25) is 0 Å². The molecule has 0 saturated heterocycles. The van der Waals surface area contributed by atoms with E-state index < -0.39 is 5.82 Å². The predicted octanol–water partition coefficient (Wildman–Crippen LogP) is 2.28. The molecule has 2 rings (SSSR count). The molecule has 1 atom stereocenters. The summed E-state index contributed by atoms with van der Waals surface area (Å²) in [6.45, 7) is 0.428. The average Bonchev–Trinajstić information content (AvgIpc) is 2.46. The average molecular weight is 302 g/mol. The van der Waals surface area contributed by atoms with Crippen molar-refractivity contribution in [1.82, 2.24) is 10.3 Å². The van der Waals surface area contributed by atoms with E-state index in [9.17, 15) is 9.18 Å². The van der Waals surface area contributed by atoms with Crippen molar-refractivity contribution in [2.45, 2.75) is 38.1 Å². The molecular weight excluding hydrogens is 281 g/mol. The van der Waals surface area contributed by atoms with E-state index in [1.165, 1.54) is 31.4 Å². The zero-order valence-corrected chi connectivity index (χ0v) is 12.2. The summed E-state index contributed by atoms with van der Waals surface area (Å²) in [6.07, 6.45) is 6.93. The van der Waals surface area contributed by atoms with E-state index in [2.05, 4.69) is 10.3 Å². The lowest BCUT2D eigenvalue weighted by Crippen LogP contribution is -2.46. The smallest absolute Gasteiger partial charge is 0.270 e. The first-order valence-electron chi connectivity index (χ1n) is 6.83. The highest BCUT2D eigenvalue weighted by Gasteiger charge is 2.24. The number of rotatable bonds is 4. The summed E-state index contributed by atoms with van der Waals surface area (Å²) in [5.74, 6) is -0.275. The topological polar surface area (TPSA) is 68.0 Å². The summed E-state index contributed by atoms with van der Waals surface area (Å²) >= 11 is 0. The lowest BCUT2D eigenvalue weighted by Gasteiger charge is -2.29. The molecule has 3 N–H and O–H groups in total. The number of hydrogen-bond acceptors (Lipinski definition) is 3. The number of hydrogen-bond donors (Lipinski definition) is 2. The predicted molar refractivity (Wildman–Crippen MR) is 78.3 cm³/mol. The maximum Gasteiger partial charge on any atom is 0.270 e. The Morgan fingerprint density at radius 1 is 1.40 bits per heavy atom. The van der Waals surface area contributed by atoms with Crippen LogP contribution in [0.4, 0.5) is 4.39 Å². The van der Waals surface area contributed by atoms with Crippen molar-refractivity contribution < 1.29 is 9.18 Å². The molecule has 0 spiro atoms. The number of carbonyl (C=O) groups excluding carboxylic acids is 1. The number of aromatic nitrogens is 1. The number of amides is 1. The lowest BCUT2D eigenvalue weighted by atomic mass is 9.84.